The number of fused-ring (bicyclic) bond motifs is 2. The van der Waals surface area contributed by atoms with Gasteiger partial charge in [-0.1, -0.05) is 6.07 Å². The van der Waals surface area contributed by atoms with E-state index in [2.05, 4.69) is 5.32 Å². The fraction of sp³-hybridized carbons (Fsp3) is 0.350. The van der Waals surface area contributed by atoms with Crippen LogP contribution in [-0.2, 0) is 17.8 Å². The first-order valence-electron chi connectivity index (χ1n) is 9.37. The second kappa shape index (κ2) is 7.52. The van der Waals surface area contributed by atoms with Crippen molar-refractivity contribution in [3.63, 3.8) is 0 Å². The number of nitrogens with one attached hydrogen (secondary N) is 1. The Morgan fingerprint density at radius 3 is 2.80 bits per heavy atom. The molecule has 158 valence electrons. The molecule has 1 aromatic heterocycles. The van der Waals surface area contributed by atoms with Crippen molar-refractivity contribution in [1.29, 1.82) is 0 Å². The quantitative estimate of drug-likeness (QED) is 0.773. The fourth-order valence-electron chi connectivity index (χ4n) is 3.87. The third kappa shape index (κ3) is 3.32. The third-order valence-corrected chi connectivity index (χ3v) is 5.34. The molecule has 8 nitrogen and oxygen atoms in total. The molecule has 0 saturated carbocycles. The number of nitrogens with zero attached hydrogens (tertiary/aromatic N) is 2. The lowest BCUT2D eigenvalue weighted by Gasteiger charge is -2.44. The Morgan fingerprint density at radius 1 is 1.30 bits per heavy atom. The molecule has 2 N–H and O–H groups in total. The Bertz CT molecular complexity index is 1100. The predicted octanol–water partition coefficient (Wildman–Crippen LogP) is 1.01. The number of aromatic hydroxyl groups is 1. The van der Waals surface area contributed by atoms with E-state index in [9.17, 15) is 28.3 Å². The van der Waals surface area contributed by atoms with Gasteiger partial charge in [-0.25, -0.2) is 8.78 Å². The SMILES string of the molecule is C[C@H]1COC[C@H]2Cn3cc(C(=O)NCc4ccc(F)cc4F)c(=O)c(O)c3C(=O)N21. The summed E-state index contributed by atoms with van der Waals surface area (Å²) in [5.41, 5.74) is -1.52. The summed E-state index contributed by atoms with van der Waals surface area (Å²) >= 11 is 0. The number of amides is 2. The molecular weight excluding hydrogens is 400 g/mol. The Kier molecular flexibility index (Phi) is 5.02. The van der Waals surface area contributed by atoms with E-state index in [-0.39, 0.29) is 42.0 Å². The average Bonchev–Trinajstić information content (AvgIpc) is 2.69. The molecule has 1 saturated heterocycles. The van der Waals surface area contributed by atoms with Gasteiger partial charge in [-0.15, -0.1) is 0 Å². The molecule has 10 heteroatoms. The molecule has 2 aliphatic heterocycles. The Morgan fingerprint density at radius 2 is 2.07 bits per heavy atom. The van der Waals surface area contributed by atoms with Crippen LogP contribution in [0.3, 0.4) is 0 Å². The minimum absolute atomic E-state index is 0.0335. The summed E-state index contributed by atoms with van der Waals surface area (Å²) < 4.78 is 33.6. The fourth-order valence-corrected chi connectivity index (χ4v) is 3.87. The van der Waals surface area contributed by atoms with Gasteiger partial charge in [-0.2, -0.15) is 0 Å². The molecule has 2 aromatic rings. The van der Waals surface area contributed by atoms with E-state index in [1.165, 1.54) is 16.8 Å². The van der Waals surface area contributed by atoms with Crippen molar-refractivity contribution in [2.75, 3.05) is 13.2 Å². The van der Waals surface area contributed by atoms with Gasteiger partial charge in [0.05, 0.1) is 25.3 Å². The molecule has 0 unspecified atom stereocenters. The van der Waals surface area contributed by atoms with Gasteiger partial charge < -0.3 is 24.6 Å². The molecule has 0 radical (unpaired) electrons. The van der Waals surface area contributed by atoms with Gasteiger partial charge in [0, 0.05) is 30.9 Å². The van der Waals surface area contributed by atoms with Gasteiger partial charge in [0.15, 0.2) is 11.4 Å². The van der Waals surface area contributed by atoms with E-state index < -0.39 is 34.6 Å². The molecule has 4 rings (SSSR count). The van der Waals surface area contributed by atoms with E-state index >= 15 is 0 Å². The van der Waals surface area contributed by atoms with Crippen LogP contribution in [0, 0.1) is 11.6 Å². The van der Waals surface area contributed by atoms with Crippen LogP contribution in [-0.4, -0.2) is 51.7 Å². The zero-order valence-corrected chi connectivity index (χ0v) is 16.0. The molecule has 2 amide bonds. The summed E-state index contributed by atoms with van der Waals surface area (Å²) in [6.45, 7) is 2.42. The van der Waals surface area contributed by atoms with Crippen molar-refractivity contribution in [2.45, 2.75) is 32.1 Å². The van der Waals surface area contributed by atoms with Gasteiger partial charge in [0.2, 0.25) is 5.43 Å². The smallest absolute Gasteiger partial charge is 0.275 e. The molecular formula is C20H19F2N3O5. The second-order valence-electron chi connectivity index (χ2n) is 7.39. The van der Waals surface area contributed by atoms with Crippen LogP contribution in [0.5, 0.6) is 5.75 Å². The van der Waals surface area contributed by atoms with E-state index in [1.54, 1.807) is 4.90 Å². The molecule has 1 fully saturated rings. The van der Waals surface area contributed by atoms with Crippen molar-refractivity contribution >= 4 is 11.8 Å². The maximum absolute atomic E-state index is 13.8. The number of rotatable bonds is 3. The number of hydrogen-bond donors (Lipinski definition) is 2. The monoisotopic (exact) mass is 419 g/mol. The van der Waals surface area contributed by atoms with Crippen molar-refractivity contribution < 1.29 is 28.2 Å². The molecule has 1 aromatic carbocycles. The second-order valence-corrected chi connectivity index (χ2v) is 7.39. The van der Waals surface area contributed by atoms with Crippen LogP contribution in [0.2, 0.25) is 0 Å². The lowest BCUT2D eigenvalue weighted by molar-refractivity contribution is -0.0416. The average molecular weight is 419 g/mol. The zero-order valence-electron chi connectivity index (χ0n) is 16.0. The maximum Gasteiger partial charge on any atom is 0.275 e. The Balaban J connectivity index is 1.63. The number of carbonyl (C=O) groups is 2. The van der Waals surface area contributed by atoms with Crippen molar-refractivity contribution in [3.05, 3.63) is 63.1 Å². The third-order valence-electron chi connectivity index (χ3n) is 5.34. The molecule has 30 heavy (non-hydrogen) atoms. The molecule has 0 spiro atoms. The van der Waals surface area contributed by atoms with Crippen LogP contribution in [0.1, 0.15) is 33.3 Å². The lowest BCUT2D eigenvalue weighted by Crippen LogP contribution is -2.58. The van der Waals surface area contributed by atoms with Crippen LogP contribution in [0.15, 0.2) is 29.2 Å². The summed E-state index contributed by atoms with van der Waals surface area (Å²) in [5, 5.41) is 12.8. The number of pyridine rings is 1. The standard InChI is InChI=1S/C20H19F2N3O5/c1-10-8-30-9-13-6-24-7-14(17(26)18(27)16(24)20(29)25(10)13)19(28)23-5-11-2-3-12(21)4-15(11)22/h2-4,7,10,13,27H,5-6,8-9H2,1H3,(H,23,28)/t10-,13+/m0/s1. The summed E-state index contributed by atoms with van der Waals surface area (Å²) in [7, 11) is 0. The topological polar surface area (TPSA) is 101 Å². The predicted molar refractivity (Wildman–Crippen MR) is 100 cm³/mol. The number of morpholine rings is 1. The summed E-state index contributed by atoms with van der Waals surface area (Å²) in [6, 6.07) is 2.41. The summed E-state index contributed by atoms with van der Waals surface area (Å²) in [4.78, 5) is 39.5. The highest BCUT2D eigenvalue weighted by Crippen LogP contribution is 2.27. The van der Waals surface area contributed by atoms with Crippen LogP contribution < -0.4 is 10.7 Å². The first-order valence-corrected chi connectivity index (χ1v) is 9.37. The number of hydrogen-bond acceptors (Lipinski definition) is 5. The number of carbonyl (C=O) groups excluding carboxylic acids is 2. The zero-order chi connectivity index (χ0) is 21.6. The highest BCUT2D eigenvalue weighted by molar-refractivity contribution is 5.99. The number of ether oxygens (including phenoxy) is 1. The molecule has 0 bridgehead atoms. The minimum atomic E-state index is -0.994. The molecule has 0 aliphatic carbocycles. The van der Waals surface area contributed by atoms with E-state index in [1.807, 2.05) is 6.92 Å². The van der Waals surface area contributed by atoms with Crippen LogP contribution >= 0.6 is 0 Å². The van der Waals surface area contributed by atoms with Gasteiger partial charge in [-0.05, 0) is 13.0 Å². The van der Waals surface area contributed by atoms with Crippen molar-refractivity contribution in [1.82, 2.24) is 14.8 Å². The highest BCUT2D eigenvalue weighted by Gasteiger charge is 2.40. The number of benzene rings is 1. The maximum atomic E-state index is 13.8. The number of halogens is 2. The van der Waals surface area contributed by atoms with Gasteiger partial charge in [0.1, 0.15) is 17.2 Å². The number of aromatic nitrogens is 1. The lowest BCUT2D eigenvalue weighted by atomic mass is 10.0. The van der Waals surface area contributed by atoms with Gasteiger partial charge in [0.25, 0.3) is 11.8 Å². The van der Waals surface area contributed by atoms with E-state index in [4.69, 9.17) is 4.74 Å². The molecule has 2 aliphatic rings. The van der Waals surface area contributed by atoms with Gasteiger partial charge in [-0.3, -0.25) is 14.4 Å². The van der Waals surface area contributed by atoms with Crippen LogP contribution in [0.4, 0.5) is 8.78 Å². The minimum Gasteiger partial charge on any atom is -0.503 e. The van der Waals surface area contributed by atoms with Crippen molar-refractivity contribution in [2.24, 2.45) is 0 Å². The molecule has 3 heterocycles. The Hall–Kier alpha value is -3.27. The van der Waals surface area contributed by atoms with Gasteiger partial charge >= 0.3 is 0 Å². The largest absolute Gasteiger partial charge is 0.503 e. The first-order chi connectivity index (χ1) is 14.3. The van der Waals surface area contributed by atoms with E-state index in [0.717, 1.165) is 6.07 Å². The summed E-state index contributed by atoms with van der Waals surface area (Å²) in [5.74, 6) is -3.75. The normalized spacial score (nSPS) is 20.5. The Labute approximate surface area is 169 Å². The molecule has 2 atom stereocenters. The van der Waals surface area contributed by atoms with E-state index in [0.29, 0.717) is 19.3 Å². The van der Waals surface area contributed by atoms with Crippen molar-refractivity contribution in [3.8, 4) is 5.75 Å². The van der Waals surface area contributed by atoms with Crippen LogP contribution in [0.25, 0.3) is 0 Å². The first kappa shape index (κ1) is 20.0. The summed E-state index contributed by atoms with van der Waals surface area (Å²) in [6.07, 6.45) is 1.21. The highest BCUT2D eigenvalue weighted by atomic mass is 19.1.